The second kappa shape index (κ2) is 16.9. The lowest BCUT2D eigenvalue weighted by Crippen LogP contribution is -2.26. The Balaban J connectivity index is 1.99. The van der Waals surface area contributed by atoms with Gasteiger partial charge in [-0.25, -0.2) is 0 Å². The van der Waals surface area contributed by atoms with Crippen molar-refractivity contribution >= 4 is 0 Å². The van der Waals surface area contributed by atoms with E-state index < -0.39 is 0 Å². The topological polar surface area (TPSA) is 49.4 Å². The molecule has 0 saturated heterocycles. The number of rotatable bonds is 7. The van der Waals surface area contributed by atoms with E-state index in [4.69, 9.17) is 23.7 Å². The third-order valence-corrected chi connectivity index (χ3v) is 4.85. The van der Waals surface area contributed by atoms with E-state index in [1.807, 2.05) is 18.2 Å². The predicted molar refractivity (Wildman–Crippen MR) is 123 cm³/mol. The summed E-state index contributed by atoms with van der Waals surface area (Å²) in [6, 6.07) is 5.86. The van der Waals surface area contributed by atoms with Crippen molar-refractivity contribution < 1.29 is 23.7 Å². The van der Waals surface area contributed by atoms with E-state index in [9.17, 15) is 0 Å². The average molecular weight is 434 g/mol. The molecule has 1 aliphatic heterocycles. The zero-order valence-electron chi connectivity index (χ0n) is 19.3. The summed E-state index contributed by atoms with van der Waals surface area (Å²) in [4.78, 5) is 2.45. The van der Waals surface area contributed by atoms with Crippen LogP contribution in [0.2, 0.25) is 0 Å². The smallest absolute Gasteiger partial charge is 0.162 e. The van der Waals surface area contributed by atoms with E-state index >= 15 is 0 Å². The third kappa shape index (κ3) is 11.4. The Morgan fingerprint density at radius 3 is 1.87 bits per heavy atom. The van der Waals surface area contributed by atoms with E-state index in [0.717, 1.165) is 25.2 Å². The molecule has 6 nitrogen and oxygen atoms in total. The zero-order valence-corrected chi connectivity index (χ0v) is 19.3. The normalized spacial score (nSPS) is 16.1. The summed E-state index contributed by atoms with van der Waals surface area (Å²) in [6.45, 7) is 11.6. The van der Waals surface area contributed by atoms with Gasteiger partial charge in [0, 0.05) is 5.56 Å². The van der Waals surface area contributed by atoms with E-state index in [-0.39, 0.29) is 0 Å². The minimum Gasteiger partial charge on any atom is -0.487 e. The molecular weight excluding hydrogens is 394 g/mol. The molecule has 174 valence electrons. The van der Waals surface area contributed by atoms with Crippen molar-refractivity contribution in [1.82, 2.24) is 4.90 Å². The molecule has 0 saturated carbocycles. The van der Waals surface area contributed by atoms with Gasteiger partial charge >= 0.3 is 0 Å². The fourth-order valence-corrected chi connectivity index (χ4v) is 3.07. The van der Waals surface area contributed by atoms with Crippen LogP contribution in [0.5, 0.6) is 11.5 Å². The molecule has 0 spiro atoms. The van der Waals surface area contributed by atoms with Crippen molar-refractivity contribution in [3.8, 4) is 23.3 Å². The van der Waals surface area contributed by atoms with Gasteiger partial charge in [-0.05, 0) is 44.1 Å². The summed E-state index contributed by atoms with van der Waals surface area (Å²) in [5.74, 6) is 8.02. The molecule has 0 N–H and O–H groups in total. The van der Waals surface area contributed by atoms with Crippen LogP contribution < -0.4 is 9.47 Å². The van der Waals surface area contributed by atoms with E-state index in [1.165, 1.54) is 25.7 Å². The van der Waals surface area contributed by atoms with Crippen LogP contribution in [0, 0.1) is 11.8 Å². The van der Waals surface area contributed by atoms with E-state index in [0.29, 0.717) is 64.4 Å². The molecule has 0 unspecified atom stereocenters. The number of benzene rings is 1. The highest BCUT2D eigenvalue weighted by Gasteiger charge is 2.08. The zero-order chi connectivity index (χ0) is 22.0. The number of fused-ring (bicyclic) bond motifs is 1. The van der Waals surface area contributed by atoms with Crippen LogP contribution in [-0.2, 0) is 14.2 Å². The number of ether oxygens (including phenoxy) is 5. The van der Waals surface area contributed by atoms with Gasteiger partial charge in [0.25, 0.3) is 0 Å². The highest BCUT2D eigenvalue weighted by molar-refractivity contribution is 5.48. The Morgan fingerprint density at radius 2 is 1.29 bits per heavy atom. The lowest BCUT2D eigenvalue weighted by molar-refractivity contribution is 0.00708. The fourth-order valence-electron chi connectivity index (χ4n) is 3.07. The Hall–Kier alpha value is -1.78. The Bertz CT molecular complexity index is 647. The van der Waals surface area contributed by atoms with Crippen molar-refractivity contribution in [2.75, 3.05) is 72.5 Å². The predicted octanol–water partition coefficient (Wildman–Crippen LogP) is 3.76. The fraction of sp³-hybridized carbons (Fsp3) is 0.680. The van der Waals surface area contributed by atoms with E-state index in [2.05, 4.69) is 30.6 Å². The molecule has 0 atom stereocenters. The average Bonchev–Trinajstić information content (AvgIpc) is 2.79. The highest BCUT2D eigenvalue weighted by Crippen LogP contribution is 2.28. The van der Waals surface area contributed by atoms with Gasteiger partial charge < -0.3 is 23.7 Å². The first-order valence-corrected chi connectivity index (χ1v) is 11.7. The minimum absolute atomic E-state index is 0.450. The third-order valence-electron chi connectivity index (χ3n) is 4.85. The van der Waals surface area contributed by atoms with Crippen molar-refractivity contribution in [2.24, 2.45) is 0 Å². The molecule has 31 heavy (non-hydrogen) atoms. The molecule has 1 heterocycles. The Morgan fingerprint density at radius 1 is 0.742 bits per heavy atom. The lowest BCUT2D eigenvalue weighted by atomic mass is 10.2. The summed E-state index contributed by atoms with van der Waals surface area (Å²) < 4.78 is 28.3. The largest absolute Gasteiger partial charge is 0.487 e. The second-order valence-corrected chi connectivity index (χ2v) is 7.48. The van der Waals surface area contributed by atoms with E-state index in [1.54, 1.807) is 0 Å². The summed E-state index contributed by atoms with van der Waals surface area (Å²) in [5, 5.41) is 0. The summed E-state index contributed by atoms with van der Waals surface area (Å²) >= 11 is 0. The maximum atomic E-state index is 5.93. The van der Waals surface area contributed by atoms with Gasteiger partial charge in [-0.3, -0.25) is 4.90 Å². The van der Waals surface area contributed by atoms with Gasteiger partial charge in [0.1, 0.15) is 13.2 Å². The first-order valence-electron chi connectivity index (χ1n) is 11.7. The Kier molecular flexibility index (Phi) is 13.9. The first-order chi connectivity index (χ1) is 15.3. The summed E-state index contributed by atoms with van der Waals surface area (Å²) in [5.41, 5.74) is 0.928. The van der Waals surface area contributed by atoms with Crippen LogP contribution in [-0.4, -0.2) is 77.4 Å². The molecule has 1 aliphatic rings. The maximum Gasteiger partial charge on any atom is 0.162 e. The van der Waals surface area contributed by atoms with Crippen LogP contribution in [0.25, 0.3) is 0 Å². The van der Waals surface area contributed by atoms with Crippen molar-refractivity contribution in [3.63, 3.8) is 0 Å². The maximum absolute atomic E-state index is 5.93. The number of hydrogen-bond acceptors (Lipinski definition) is 6. The standard InChI is InChI=1S/C25H39NO5/c1-3-5-11-26(12-6-4-2)13-7-8-23-9-10-24-25(22-23)31-21-19-29-17-15-27-14-16-28-18-20-30-24/h9-10,22H,3-6,11-21H2,1-2H3. The Labute approximate surface area is 188 Å². The molecule has 6 heteroatoms. The van der Waals surface area contributed by atoms with Gasteiger partial charge in [-0.2, -0.15) is 0 Å². The summed E-state index contributed by atoms with van der Waals surface area (Å²) in [7, 11) is 0. The minimum atomic E-state index is 0.450. The molecule has 0 bridgehead atoms. The van der Waals surface area contributed by atoms with Gasteiger partial charge in [0.05, 0.1) is 46.2 Å². The molecule has 0 aromatic heterocycles. The number of unbranched alkanes of at least 4 members (excludes halogenated alkanes) is 2. The molecule has 1 aromatic carbocycles. The molecule has 0 amide bonds. The van der Waals surface area contributed by atoms with Crippen LogP contribution in [0.15, 0.2) is 18.2 Å². The second-order valence-electron chi connectivity index (χ2n) is 7.48. The van der Waals surface area contributed by atoms with Crippen molar-refractivity contribution in [3.05, 3.63) is 23.8 Å². The highest BCUT2D eigenvalue weighted by atomic mass is 16.6. The molecule has 0 aliphatic carbocycles. The summed E-state index contributed by atoms with van der Waals surface area (Å²) in [6.07, 6.45) is 4.85. The van der Waals surface area contributed by atoms with Crippen LogP contribution in [0.3, 0.4) is 0 Å². The van der Waals surface area contributed by atoms with Crippen LogP contribution in [0.4, 0.5) is 0 Å². The molecule has 1 aromatic rings. The molecule has 0 radical (unpaired) electrons. The molecular formula is C25H39NO5. The van der Waals surface area contributed by atoms with Crippen molar-refractivity contribution in [2.45, 2.75) is 39.5 Å². The van der Waals surface area contributed by atoms with Crippen LogP contribution >= 0.6 is 0 Å². The number of hydrogen-bond donors (Lipinski definition) is 0. The SMILES string of the molecule is CCCCN(CC#Cc1ccc2c(c1)OCCOCCOCCOCCO2)CCCC. The van der Waals surface area contributed by atoms with Gasteiger partial charge in [-0.1, -0.05) is 38.5 Å². The van der Waals surface area contributed by atoms with Gasteiger partial charge in [0.15, 0.2) is 11.5 Å². The first kappa shape index (κ1) is 25.5. The quantitative estimate of drug-likeness (QED) is 0.611. The van der Waals surface area contributed by atoms with Crippen LogP contribution in [0.1, 0.15) is 45.1 Å². The monoisotopic (exact) mass is 433 g/mol. The van der Waals surface area contributed by atoms with Gasteiger partial charge in [0.2, 0.25) is 0 Å². The molecule has 2 rings (SSSR count). The van der Waals surface area contributed by atoms with Crippen molar-refractivity contribution in [1.29, 1.82) is 0 Å². The van der Waals surface area contributed by atoms with Gasteiger partial charge in [-0.15, -0.1) is 0 Å². The lowest BCUT2D eigenvalue weighted by Gasteiger charge is -2.18. The number of nitrogens with zero attached hydrogens (tertiary/aromatic N) is 1. The molecule has 0 fully saturated rings.